The van der Waals surface area contributed by atoms with E-state index in [9.17, 15) is 9.59 Å². The molecule has 2 atom stereocenters. The van der Waals surface area contributed by atoms with Crippen molar-refractivity contribution >= 4 is 49.5 Å². The molecule has 0 radical (unpaired) electrons. The van der Waals surface area contributed by atoms with Crippen LogP contribution in [0.5, 0.6) is 0 Å². The standard InChI is InChI=1S/C13H14Br2N2O3/c14-8-2-4-11(10(15)6-8)17-13(20)16-9-3-1-7(5-9)12(18)19/h2,4,6-7,9H,1,3,5H2,(H,18,19)(H2,16,17,20)/t7-,9+/m1/s1. The summed E-state index contributed by atoms with van der Waals surface area (Å²) in [6.45, 7) is 0. The highest BCUT2D eigenvalue weighted by atomic mass is 79.9. The Balaban J connectivity index is 1.88. The lowest BCUT2D eigenvalue weighted by Gasteiger charge is -2.14. The molecular weight excluding hydrogens is 392 g/mol. The lowest BCUT2D eigenvalue weighted by Crippen LogP contribution is -2.36. The molecule has 5 nitrogen and oxygen atoms in total. The van der Waals surface area contributed by atoms with Crippen LogP contribution >= 0.6 is 31.9 Å². The number of hydrogen-bond acceptors (Lipinski definition) is 2. The first-order valence-electron chi connectivity index (χ1n) is 6.21. The average Bonchev–Trinajstić information content (AvgIpc) is 2.81. The number of amides is 2. The minimum Gasteiger partial charge on any atom is -0.481 e. The predicted octanol–water partition coefficient (Wildman–Crippen LogP) is 3.59. The van der Waals surface area contributed by atoms with Crippen molar-refractivity contribution in [3.8, 4) is 0 Å². The molecule has 1 fully saturated rings. The van der Waals surface area contributed by atoms with Gasteiger partial charge in [0.2, 0.25) is 0 Å². The smallest absolute Gasteiger partial charge is 0.319 e. The number of carboxylic acid groups (broad SMARTS) is 1. The molecule has 1 saturated carbocycles. The molecule has 0 spiro atoms. The Morgan fingerprint density at radius 2 is 2.00 bits per heavy atom. The molecule has 3 N–H and O–H groups in total. The lowest BCUT2D eigenvalue weighted by molar-refractivity contribution is -0.141. The van der Waals surface area contributed by atoms with E-state index in [4.69, 9.17) is 5.11 Å². The molecule has 108 valence electrons. The number of halogens is 2. The Bertz CT molecular complexity index is 536. The van der Waals surface area contributed by atoms with Gasteiger partial charge < -0.3 is 15.7 Å². The minimum atomic E-state index is -0.787. The number of hydrogen-bond donors (Lipinski definition) is 3. The van der Waals surface area contributed by atoms with Gasteiger partial charge in [-0.05, 0) is 53.4 Å². The maximum absolute atomic E-state index is 11.9. The Kier molecular flexibility index (Phi) is 5.04. The summed E-state index contributed by atoms with van der Waals surface area (Å²) in [6, 6.07) is 5.05. The Morgan fingerprint density at radius 3 is 2.60 bits per heavy atom. The largest absolute Gasteiger partial charge is 0.481 e. The SMILES string of the molecule is O=C(Nc1ccc(Br)cc1Br)N[C@H]1CC[C@@H](C(=O)O)C1. The number of anilines is 1. The summed E-state index contributed by atoms with van der Waals surface area (Å²) in [4.78, 5) is 22.7. The van der Waals surface area contributed by atoms with Gasteiger partial charge in [0.1, 0.15) is 0 Å². The molecule has 0 aliphatic heterocycles. The topological polar surface area (TPSA) is 78.4 Å². The number of aliphatic carboxylic acids is 1. The van der Waals surface area contributed by atoms with E-state index in [2.05, 4.69) is 42.5 Å². The molecule has 1 aromatic rings. The van der Waals surface area contributed by atoms with E-state index in [0.29, 0.717) is 24.9 Å². The van der Waals surface area contributed by atoms with Crippen molar-refractivity contribution in [3.63, 3.8) is 0 Å². The van der Waals surface area contributed by atoms with Crippen LogP contribution in [0, 0.1) is 5.92 Å². The molecule has 1 aromatic carbocycles. The Labute approximate surface area is 133 Å². The van der Waals surface area contributed by atoms with Crippen molar-refractivity contribution < 1.29 is 14.7 Å². The van der Waals surface area contributed by atoms with E-state index >= 15 is 0 Å². The molecule has 0 heterocycles. The molecule has 2 amide bonds. The zero-order valence-electron chi connectivity index (χ0n) is 10.5. The fourth-order valence-corrected chi connectivity index (χ4v) is 3.42. The van der Waals surface area contributed by atoms with Crippen molar-refractivity contribution in [2.45, 2.75) is 25.3 Å². The average molecular weight is 406 g/mol. The molecule has 7 heteroatoms. The van der Waals surface area contributed by atoms with Crippen molar-refractivity contribution in [2.75, 3.05) is 5.32 Å². The van der Waals surface area contributed by atoms with E-state index in [1.165, 1.54) is 0 Å². The normalized spacial score (nSPS) is 21.5. The molecule has 1 aliphatic carbocycles. The van der Waals surface area contributed by atoms with Gasteiger partial charge in [-0.2, -0.15) is 0 Å². The first kappa shape index (κ1) is 15.3. The molecule has 0 aromatic heterocycles. The lowest BCUT2D eigenvalue weighted by atomic mass is 10.1. The van der Waals surface area contributed by atoms with Crippen LogP contribution in [0.25, 0.3) is 0 Å². The van der Waals surface area contributed by atoms with Gasteiger partial charge in [-0.3, -0.25) is 4.79 Å². The molecule has 20 heavy (non-hydrogen) atoms. The summed E-state index contributed by atoms with van der Waals surface area (Å²) < 4.78 is 1.69. The summed E-state index contributed by atoms with van der Waals surface area (Å²) in [6.07, 6.45) is 1.80. The Morgan fingerprint density at radius 1 is 1.25 bits per heavy atom. The Hall–Kier alpha value is -1.08. The van der Waals surface area contributed by atoms with Crippen molar-refractivity contribution in [1.82, 2.24) is 5.32 Å². The van der Waals surface area contributed by atoms with Gasteiger partial charge in [0, 0.05) is 15.0 Å². The van der Waals surface area contributed by atoms with E-state index in [0.717, 1.165) is 8.95 Å². The number of nitrogens with one attached hydrogen (secondary N) is 2. The number of carboxylic acids is 1. The first-order valence-corrected chi connectivity index (χ1v) is 7.79. The van der Waals surface area contributed by atoms with Gasteiger partial charge in [-0.25, -0.2) is 4.79 Å². The van der Waals surface area contributed by atoms with Crippen LogP contribution in [0.3, 0.4) is 0 Å². The van der Waals surface area contributed by atoms with Gasteiger partial charge in [-0.15, -0.1) is 0 Å². The fourth-order valence-electron chi connectivity index (χ4n) is 2.27. The third-order valence-corrected chi connectivity index (χ3v) is 4.45. The van der Waals surface area contributed by atoms with Gasteiger partial charge in [0.05, 0.1) is 11.6 Å². The van der Waals surface area contributed by atoms with Crippen LogP contribution in [0.4, 0.5) is 10.5 Å². The van der Waals surface area contributed by atoms with Crippen LogP contribution in [0.1, 0.15) is 19.3 Å². The summed E-state index contributed by atoms with van der Waals surface area (Å²) in [7, 11) is 0. The maximum atomic E-state index is 11.9. The second kappa shape index (κ2) is 6.58. The number of urea groups is 1. The number of benzene rings is 1. The van der Waals surface area contributed by atoms with Crippen LogP contribution in [0.15, 0.2) is 27.1 Å². The highest BCUT2D eigenvalue weighted by Crippen LogP contribution is 2.27. The van der Waals surface area contributed by atoms with E-state index < -0.39 is 5.97 Å². The van der Waals surface area contributed by atoms with Crippen molar-refractivity contribution in [2.24, 2.45) is 5.92 Å². The molecule has 0 unspecified atom stereocenters. The second-order valence-corrected chi connectivity index (χ2v) is 6.54. The monoisotopic (exact) mass is 404 g/mol. The molecule has 0 saturated heterocycles. The van der Waals surface area contributed by atoms with Crippen molar-refractivity contribution in [3.05, 3.63) is 27.1 Å². The van der Waals surface area contributed by atoms with Gasteiger partial charge >= 0.3 is 12.0 Å². The number of rotatable bonds is 3. The molecule has 1 aliphatic rings. The fraction of sp³-hybridized carbons (Fsp3) is 0.385. The molecular formula is C13H14Br2N2O3. The summed E-state index contributed by atoms with van der Waals surface area (Å²) in [5, 5.41) is 14.5. The third-order valence-electron chi connectivity index (χ3n) is 3.30. The maximum Gasteiger partial charge on any atom is 0.319 e. The third kappa shape index (κ3) is 3.96. The highest BCUT2D eigenvalue weighted by molar-refractivity contribution is 9.11. The number of carbonyl (C=O) groups is 2. The van der Waals surface area contributed by atoms with E-state index in [1.54, 1.807) is 6.07 Å². The summed E-state index contributed by atoms with van der Waals surface area (Å²) in [5.74, 6) is -1.13. The predicted molar refractivity (Wildman–Crippen MR) is 82.8 cm³/mol. The minimum absolute atomic E-state index is 0.0784. The van der Waals surface area contributed by atoms with Gasteiger partial charge in [0.25, 0.3) is 0 Å². The zero-order valence-corrected chi connectivity index (χ0v) is 13.7. The van der Waals surface area contributed by atoms with Crippen LogP contribution in [0.2, 0.25) is 0 Å². The zero-order chi connectivity index (χ0) is 14.7. The quantitative estimate of drug-likeness (QED) is 0.718. The van der Waals surface area contributed by atoms with Crippen LogP contribution in [-0.4, -0.2) is 23.1 Å². The van der Waals surface area contributed by atoms with E-state index in [1.807, 2.05) is 12.1 Å². The van der Waals surface area contributed by atoms with Crippen LogP contribution < -0.4 is 10.6 Å². The highest BCUT2D eigenvalue weighted by Gasteiger charge is 2.30. The molecule has 0 bridgehead atoms. The van der Waals surface area contributed by atoms with Crippen molar-refractivity contribution in [1.29, 1.82) is 0 Å². The summed E-state index contributed by atoms with van der Waals surface area (Å²) in [5.41, 5.74) is 0.665. The second-order valence-electron chi connectivity index (χ2n) is 4.77. The van der Waals surface area contributed by atoms with Crippen LogP contribution in [-0.2, 0) is 4.79 Å². The van der Waals surface area contributed by atoms with Gasteiger partial charge in [0.15, 0.2) is 0 Å². The first-order chi connectivity index (χ1) is 9.45. The summed E-state index contributed by atoms with van der Waals surface area (Å²) >= 11 is 6.71. The molecule has 2 rings (SSSR count). The number of carbonyl (C=O) groups excluding carboxylic acids is 1. The van der Waals surface area contributed by atoms with Gasteiger partial charge in [-0.1, -0.05) is 15.9 Å². The van der Waals surface area contributed by atoms with E-state index in [-0.39, 0.29) is 18.0 Å².